The molecule has 3 aromatic rings. The maximum Gasteiger partial charge on any atom is 0.255 e. The van der Waals surface area contributed by atoms with E-state index in [4.69, 9.17) is 11.6 Å². The first kappa shape index (κ1) is 21.9. The number of hydrogen-bond acceptors (Lipinski definition) is 3. The van der Waals surface area contributed by atoms with Gasteiger partial charge in [0.2, 0.25) is 10.0 Å². The third kappa shape index (κ3) is 5.40. The molecule has 0 aliphatic heterocycles. The molecular formula is C23H23ClN2O3S. The average Bonchev–Trinajstić information content (AvgIpc) is 2.73. The summed E-state index contributed by atoms with van der Waals surface area (Å²) in [5.41, 5.74) is 2.74. The van der Waals surface area contributed by atoms with Gasteiger partial charge in [0.05, 0.1) is 22.5 Å². The Morgan fingerprint density at radius 1 is 0.867 bits per heavy atom. The van der Waals surface area contributed by atoms with Crippen molar-refractivity contribution in [2.45, 2.75) is 13.1 Å². The van der Waals surface area contributed by atoms with Gasteiger partial charge in [-0.2, -0.15) is 0 Å². The first-order chi connectivity index (χ1) is 14.3. The number of rotatable bonds is 7. The predicted octanol–water partition coefficient (Wildman–Crippen LogP) is 4.58. The summed E-state index contributed by atoms with van der Waals surface area (Å²) in [6.45, 7) is 0.853. The van der Waals surface area contributed by atoms with Crippen molar-refractivity contribution in [3.63, 3.8) is 0 Å². The molecule has 5 nitrogen and oxygen atoms in total. The third-order valence-electron chi connectivity index (χ3n) is 4.76. The van der Waals surface area contributed by atoms with Crippen molar-refractivity contribution in [3.8, 4) is 0 Å². The van der Waals surface area contributed by atoms with Crippen LogP contribution in [0.4, 0.5) is 5.69 Å². The van der Waals surface area contributed by atoms with Gasteiger partial charge < -0.3 is 4.90 Å². The second-order valence-corrected chi connectivity index (χ2v) is 9.45. The number of amides is 1. The molecule has 3 rings (SSSR count). The van der Waals surface area contributed by atoms with Crippen LogP contribution in [0.2, 0.25) is 5.02 Å². The van der Waals surface area contributed by atoms with Crippen LogP contribution in [0, 0.1) is 0 Å². The number of sulfonamides is 1. The summed E-state index contributed by atoms with van der Waals surface area (Å²) >= 11 is 6.40. The second kappa shape index (κ2) is 9.32. The van der Waals surface area contributed by atoms with E-state index in [9.17, 15) is 13.2 Å². The summed E-state index contributed by atoms with van der Waals surface area (Å²) in [6, 6.07) is 24.1. The molecule has 0 unspecified atom stereocenters. The van der Waals surface area contributed by atoms with Crippen molar-refractivity contribution in [1.29, 1.82) is 0 Å². The lowest BCUT2D eigenvalue weighted by Crippen LogP contribution is -2.30. The van der Waals surface area contributed by atoms with Gasteiger partial charge in [0.1, 0.15) is 0 Å². The monoisotopic (exact) mass is 442 g/mol. The zero-order valence-electron chi connectivity index (χ0n) is 16.8. The largest absolute Gasteiger partial charge is 0.330 e. The Balaban J connectivity index is 1.92. The fraction of sp³-hybridized carbons (Fsp3) is 0.174. The van der Waals surface area contributed by atoms with Gasteiger partial charge >= 0.3 is 0 Å². The normalized spacial score (nSPS) is 11.2. The van der Waals surface area contributed by atoms with Crippen LogP contribution in [0.3, 0.4) is 0 Å². The Hall–Kier alpha value is -2.83. The maximum atomic E-state index is 13.4. The summed E-state index contributed by atoms with van der Waals surface area (Å²) in [6.07, 6.45) is 1.11. The lowest BCUT2D eigenvalue weighted by Gasteiger charge is -2.24. The Morgan fingerprint density at radius 2 is 1.37 bits per heavy atom. The zero-order chi connectivity index (χ0) is 21.7. The minimum Gasteiger partial charge on any atom is -0.330 e. The predicted molar refractivity (Wildman–Crippen MR) is 121 cm³/mol. The molecule has 0 fully saturated rings. The molecule has 0 aliphatic rings. The molecular weight excluding hydrogens is 420 g/mol. The molecule has 7 heteroatoms. The minimum atomic E-state index is -3.42. The van der Waals surface area contributed by atoms with Crippen molar-refractivity contribution in [2.75, 3.05) is 17.6 Å². The standard InChI is InChI=1S/C23H23ClN2O3S/c1-25(30(2,28)29)20-13-14-21(22(24)15-20)23(27)26(16-18-9-5-3-6-10-18)17-19-11-7-4-8-12-19/h3-15H,16-17H2,1-2H3. The minimum absolute atomic E-state index is 0.208. The van der Waals surface area contributed by atoms with Crippen LogP contribution < -0.4 is 4.31 Å². The highest BCUT2D eigenvalue weighted by molar-refractivity contribution is 7.92. The Kier molecular flexibility index (Phi) is 6.80. The molecule has 0 N–H and O–H groups in total. The molecule has 3 aromatic carbocycles. The number of carbonyl (C=O) groups excluding carboxylic acids is 1. The molecule has 0 heterocycles. The molecule has 0 atom stereocenters. The van der Waals surface area contributed by atoms with Gasteiger partial charge in [0.15, 0.2) is 0 Å². The first-order valence-corrected chi connectivity index (χ1v) is 11.6. The number of anilines is 1. The van der Waals surface area contributed by atoms with Crippen LogP contribution >= 0.6 is 11.6 Å². The highest BCUT2D eigenvalue weighted by Gasteiger charge is 2.21. The summed E-state index contributed by atoms with van der Waals surface area (Å²) in [5.74, 6) is -0.221. The maximum absolute atomic E-state index is 13.4. The Labute approximate surface area is 182 Å². The van der Waals surface area contributed by atoms with Gasteiger partial charge in [-0.1, -0.05) is 72.3 Å². The summed E-state index contributed by atoms with van der Waals surface area (Å²) in [5, 5.41) is 0.208. The van der Waals surface area contributed by atoms with Crippen molar-refractivity contribution < 1.29 is 13.2 Å². The van der Waals surface area contributed by atoms with E-state index < -0.39 is 10.0 Å². The molecule has 0 spiro atoms. The Morgan fingerprint density at radius 3 is 1.80 bits per heavy atom. The van der Waals surface area contributed by atoms with E-state index in [1.54, 1.807) is 17.0 Å². The van der Waals surface area contributed by atoms with Crippen LogP contribution in [0.5, 0.6) is 0 Å². The number of hydrogen-bond donors (Lipinski definition) is 0. The fourth-order valence-electron chi connectivity index (χ4n) is 3.04. The van der Waals surface area contributed by atoms with Crippen molar-refractivity contribution >= 4 is 33.2 Å². The van der Waals surface area contributed by atoms with Gasteiger partial charge in [-0.05, 0) is 29.3 Å². The van der Waals surface area contributed by atoms with E-state index in [2.05, 4.69) is 0 Å². The molecule has 0 bridgehead atoms. The quantitative estimate of drug-likeness (QED) is 0.538. The van der Waals surface area contributed by atoms with Crippen LogP contribution in [-0.4, -0.2) is 32.5 Å². The Bertz CT molecular complexity index is 1080. The van der Waals surface area contributed by atoms with E-state index in [0.717, 1.165) is 21.7 Å². The van der Waals surface area contributed by atoms with Crippen molar-refractivity contribution in [3.05, 3.63) is 101 Å². The summed E-state index contributed by atoms with van der Waals surface area (Å²) in [4.78, 5) is 15.1. The van der Waals surface area contributed by atoms with Gasteiger partial charge in [-0.15, -0.1) is 0 Å². The first-order valence-electron chi connectivity index (χ1n) is 9.36. The van der Waals surface area contributed by atoms with Crippen molar-refractivity contribution in [2.24, 2.45) is 0 Å². The highest BCUT2D eigenvalue weighted by Crippen LogP contribution is 2.26. The molecule has 0 radical (unpaired) electrons. The van der Waals surface area contributed by atoms with Gasteiger partial charge in [0.25, 0.3) is 5.91 Å². The van der Waals surface area contributed by atoms with E-state index in [1.165, 1.54) is 13.1 Å². The fourth-order valence-corrected chi connectivity index (χ4v) is 3.79. The lowest BCUT2D eigenvalue weighted by molar-refractivity contribution is 0.0730. The van der Waals surface area contributed by atoms with Gasteiger partial charge in [0, 0.05) is 20.1 Å². The number of nitrogens with zero attached hydrogens (tertiary/aromatic N) is 2. The van der Waals surface area contributed by atoms with Crippen LogP contribution in [0.15, 0.2) is 78.9 Å². The molecule has 0 aromatic heterocycles. The van der Waals surface area contributed by atoms with Gasteiger partial charge in [-0.3, -0.25) is 9.10 Å². The van der Waals surface area contributed by atoms with Crippen LogP contribution in [0.1, 0.15) is 21.5 Å². The third-order valence-corrected chi connectivity index (χ3v) is 6.28. The summed E-state index contributed by atoms with van der Waals surface area (Å²) in [7, 11) is -1.98. The zero-order valence-corrected chi connectivity index (χ0v) is 18.4. The molecule has 0 aliphatic carbocycles. The molecule has 0 saturated carbocycles. The van der Waals surface area contributed by atoms with E-state index in [1.807, 2.05) is 60.7 Å². The second-order valence-electron chi connectivity index (χ2n) is 7.03. The van der Waals surface area contributed by atoms with E-state index in [-0.39, 0.29) is 10.9 Å². The highest BCUT2D eigenvalue weighted by atomic mass is 35.5. The molecule has 1 amide bonds. The van der Waals surface area contributed by atoms with Gasteiger partial charge in [-0.25, -0.2) is 8.42 Å². The molecule has 156 valence electrons. The average molecular weight is 443 g/mol. The molecule has 30 heavy (non-hydrogen) atoms. The van der Waals surface area contributed by atoms with E-state index >= 15 is 0 Å². The van der Waals surface area contributed by atoms with E-state index in [0.29, 0.717) is 24.3 Å². The van der Waals surface area contributed by atoms with Crippen LogP contribution in [0.25, 0.3) is 0 Å². The van der Waals surface area contributed by atoms with Crippen LogP contribution in [-0.2, 0) is 23.1 Å². The smallest absolute Gasteiger partial charge is 0.255 e. The SMILES string of the molecule is CN(c1ccc(C(=O)N(Cc2ccccc2)Cc2ccccc2)c(Cl)c1)S(C)(=O)=O. The summed E-state index contributed by atoms with van der Waals surface area (Å²) < 4.78 is 24.7. The van der Waals surface area contributed by atoms with Crippen molar-refractivity contribution in [1.82, 2.24) is 4.90 Å². The number of benzene rings is 3. The lowest BCUT2D eigenvalue weighted by atomic mass is 10.1. The topological polar surface area (TPSA) is 57.7 Å². The number of halogens is 1. The number of carbonyl (C=O) groups is 1. The molecule has 0 saturated heterocycles.